The van der Waals surface area contributed by atoms with Crippen molar-refractivity contribution in [2.75, 3.05) is 11.1 Å². The van der Waals surface area contributed by atoms with Gasteiger partial charge in [0.25, 0.3) is 0 Å². The summed E-state index contributed by atoms with van der Waals surface area (Å²) in [4.78, 5) is 8.88. The molecule has 0 saturated heterocycles. The summed E-state index contributed by atoms with van der Waals surface area (Å²) >= 11 is 0. The second-order valence-electron chi connectivity index (χ2n) is 8.01. The molecule has 174 valence electrons. The van der Waals surface area contributed by atoms with Gasteiger partial charge in [-0.15, -0.1) is 0 Å². The minimum atomic E-state index is -0.319. The molecule has 0 atom stereocenters. The first-order valence-corrected chi connectivity index (χ1v) is 10.9. The van der Waals surface area contributed by atoms with E-state index in [0.29, 0.717) is 39.9 Å². The van der Waals surface area contributed by atoms with Crippen LogP contribution in [-0.2, 0) is 6.54 Å². The monoisotopic (exact) mass is 467 g/mol. The highest BCUT2D eigenvalue weighted by molar-refractivity contribution is 5.80. The summed E-state index contributed by atoms with van der Waals surface area (Å²) in [5, 5.41) is 11.8. The number of benzene rings is 2. The van der Waals surface area contributed by atoms with Gasteiger partial charge < -0.3 is 15.6 Å². The number of hydrogen-bond donors (Lipinski definition) is 2. The molecule has 0 saturated carbocycles. The average molecular weight is 468 g/mol. The molecule has 3 aromatic heterocycles. The van der Waals surface area contributed by atoms with Crippen molar-refractivity contribution in [3.63, 3.8) is 0 Å². The number of hydrogen-bond acceptors (Lipinski definition) is 7. The smallest absolute Gasteiger partial charge is 0.182 e. The standard InChI is InChI=1S/C26H22FN7O/c1-16-6-5-8-18(12-16)17(2)30-23-14-29-26(31-25(23)28)22-13-24(21-10-11-35-33-21)34(32-22)15-19-7-3-4-9-20(19)27/h3-14,30H,2,15H2,1H3,(H2,28,29,31). The quantitative estimate of drug-likeness (QED) is 0.341. The van der Waals surface area contributed by atoms with Crippen molar-refractivity contribution in [2.24, 2.45) is 0 Å². The molecule has 9 heteroatoms. The summed E-state index contributed by atoms with van der Waals surface area (Å²) in [6.45, 7) is 6.30. The second-order valence-corrected chi connectivity index (χ2v) is 8.01. The number of nitrogens with one attached hydrogen (secondary N) is 1. The van der Waals surface area contributed by atoms with Crippen LogP contribution in [0.3, 0.4) is 0 Å². The Morgan fingerprint density at radius 3 is 2.71 bits per heavy atom. The maximum atomic E-state index is 14.3. The van der Waals surface area contributed by atoms with E-state index in [0.717, 1.165) is 11.1 Å². The molecule has 0 fully saturated rings. The lowest BCUT2D eigenvalue weighted by Gasteiger charge is -2.12. The average Bonchev–Trinajstić information content (AvgIpc) is 3.52. The Bertz CT molecular complexity index is 1510. The fourth-order valence-electron chi connectivity index (χ4n) is 3.67. The van der Waals surface area contributed by atoms with Gasteiger partial charge in [-0.05, 0) is 30.7 Å². The van der Waals surface area contributed by atoms with Crippen molar-refractivity contribution < 1.29 is 8.91 Å². The molecule has 35 heavy (non-hydrogen) atoms. The fraction of sp³-hybridized carbons (Fsp3) is 0.0769. The van der Waals surface area contributed by atoms with Gasteiger partial charge in [-0.25, -0.2) is 14.4 Å². The molecule has 0 amide bonds. The molecule has 2 aromatic carbocycles. The topological polar surface area (TPSA) is 108 Å². The molecule has 5 rings (SSSR count). The van der Waals surface area contributed by atoms with Crippen LogP contribution in [-0.4, -0.2) is 24.9 Å². The summed E-state index contributed by atoms with van der Waals surface area (Å²) < 4.78 is 20.9. The van der Waals surface area contributed by atoms with E-state index in [4.69, 9.17) is 10.3 Å². The molecule has 0 spiro atoms. The molecule has 8 nitrogen and oxygen atoms in total. The normalized spacial score (nSPS) is 10.9. The van der Waals surface area contributed by atoms with Crippen LogP contribution in [0.2, 0.25) is 0 Å². The van der Waals surface area contributed by atoms with Crippen molar-refractivity contribution in [3.05, 3.63) is 102 Å². The zero-order chi connectivity index (χ0) is 24.4. The van der Waals surface area contributed by atoms with Crippen molar-refractivity contribution >= 4 is 17.2 Å². The first-order valence-electron chi connectivity index (χ1n) is 10.9. The molecule has 0 aliphatic carbocycles. The number of anilines is 2. The molecule has 5 aromatic rings. The molecule has 3 N–H and O–H groups in total. The number of aromatic nitrogens is 5. The zero-order valence-electron chi connectivity index (χ0n) is 18.9. The predicted molar refractivity (Wildman–Crippen MR) is 133 cm³/mol. The van der Waals surface area contributed by atoms with E-state index < -0.39 is 0 Å². The highest BCUT2D eigenvalue weighted by Gasteiger charge is 2.18. The summed E-state index contributed by atoms with van der Waals surface area (Å²) in [6, 6.07) is 18.0. The zero-order valence-corrected chi connectivity index (χ0v) is 18.9. The van der Waals surface area contributed by atoms with Gasteiger partial charge in [0, 0.05) is 17.3 Å². The van der Waals surface area contributed by atoms with Crippen LogP contribution in [0.25, 0.3) is 28.6 Å². The van der Waals surface area contributed by atoms with Crippen LogP contribution in [0.1, 0.15) is 16.7 Å². The van der Waals surface area contributed by atoms with Crippen molar-refractivity contribution in [3.8, 4) is 22.9 Å². The third-order valence-corrected chi connectivity index (χ3v) is 5.46. The Morgan fingerprint density at radius 2 is 1.97 bits per heavy atom. The number of nitrogens with zero attached hydrogens (tertiary/aromatic N) is 5. The first kappa shape index (κ1) is 22.0. The lowest BCUT2D eigenvalue weighted by Crippen LogP contribution is -2.07. The largest absolute Gasteiger partial charge is 0.382 e. The summed E-state index contributed by atoms with van der Waals surface area (Å²) in [5.41, 5.74) is 11.7. The van der Waals surface area contributed by atoms with E-state index in [9.17, 15) is 4.39 Å². The van der Waals surface area contributed by atoms with Gasteiger partial charge in [0.05, 0.1) is 24.1 Å². The molecule has 0 aliphatic rings. The number of halogens is 1. The van der Waals surface area contributed by atoms with Crippen LogP contribution in [0.15, 0.2) is 84.2 Å². The van der Waals surface area contributed by atoms with Gasteiger partial charge in [-0.2, -0.15) is 5.10 Å². The minimum absolute atomic E-state index is 0.195. The third-order valence-electron chi connectivity index (χ3n) is 5.46. The highest BCUT2D eigenvalue weighted by Crippen LogP contribution is 2.27. The van der Waals surface area contributed by atoms with E-state index in [1.807, 2.05) is 31.2 Å². The Kier molecular flexibility index (Phi) is 5.80. The second kappa shape index (κ2) is 9.22. The molecular weight excluding hydrogens is 445 g/mol. The predicted octanol–water partition coefficient (Wildman–Crippen LogP) is 5.16. The van der Waals surface area contributed by atoms with Crippen molar-refractivity contribution in [2.45, 2.75) is 13.5 Å². The maximum absolute atomic E-state index is 14.3. The number of nitrogen functional groups attached to an aromatic ring is 1. The van der Waals surface area contributed by atoms with E-state index in [2.05, 4.69) is 32.1 Å². The van der Waals surface area contributed by atoms with Gasteiger partial charge in [-0.1, -0.05) is 53.7 Å². The Morgan fingerprint density at radius 1 is 1.11 bits per heavy atom. The van der Waals surface area contributed by atoms with Gasteiger partial charge in [0.15, 0.2) is 11.6 Å². The van der Waals surface area contributed by atoms with Crippen molar-refractivity contribution in [1.82, 2.24) is 24.9 Å². The molecule has 0 radical (unpaired) electrons. The molecule has 3 heterocycles. The summed E-state index contributed by atoms with van der Waals surface area (Å²) in [6.07, 6.45) is 3.05. The van der Waals surface area contributed by atoms with Crippen LogP contribution >= 0.6 is 0 Å². The maximum Gasteiger partial charge on any atom is 0.182 e. The molecule has 0 aliphatic heterocycles. The number of rotatable bonds is 7. The number of aryl methyl sites for hydroxylation is 1. The van der Waals surface area contributed by atoms with E-state index in [1.165, 1.54) is 12.3 Å². The SMILES string of the molecule is C=C(Nc1cnc(-c2cc(-c3ccon3)n(Cc3ccccc3F)n2)nc1N)c1cccc(C)c1. The van der Waals surface area contributed by atoms with Crippen LogP contribution in [0.4, 0.5) is 15.9 Å². The van der Waals surface area contributed by atoms with Gasteiger partial charge in [0.1, 0.15) is 23.5 Å². The Labute approximate surface area is 200 Å². The van der Waals surface area contributed by atoms with Crippen LogP contribution in [0, 0.1) is 12.7 Å². The fourth-order valence-corrected chi connectivity index (χ4v) is 3.67. The highest BCUT2D eigenvalue weighted by atomic mass is 19.1. The minimum Gasteiger partial charge on any atom is -0.382 e. The Hall–Kier alpha value is -4.79. The van der Waals surface area contributed by atoms with E-state index >= 15 is 0 Å². The third kappa shape index (κ3) is 4.65. The van der Waals surface area contributed by atoms with Crippen LogP contribution < -0.4 is 11.1 Å². The number of nitrogens with two attached hydrogens (primary N) is 1. The first-order chi connectivity index (χ1) is 17.0. The summed E-state index contributed by atoms with van der Waals surface area (Å²) in [5.74, 6) is 0.252. The molecular formula is C26H22FN7O. The lowest BCUT2D eigenvalue weighted by atomic mass is 10.1. The summed E-state index contributed by atoms with van der Waals surface area (Å²) in [7, 11) is 0. The molecule has 0 unspecified atom stereocenters. The van der Waals surface area contributed by atoms with Gasteiger partial charge in [0.2, 0.25) is 0 Å². The van der Waals surface area contributed by atoms with Crippen molar-refractivity contribution in [1.29, 1.82) is 0 Å². The van der Waals surface area contributed by atoms with E-state index in [1.54, 1.807) is 41.2 Å². The van der Waals surface area contributed by atoms with Gasteiger partial charge in [-0.3, -0.25) is 4.68 Å². The van der Waals surface area contributed by atoms with E-state index in [-0.39, 0.29) is 18.2 Å². The Balaban J connectivity index is 1.45. The lowest BCUT2D eigenvalue weighted by molar-refractivity contribution is 0.421. The van der Waals surface area contributed by atoms with Gasteiger partial charge >= 0.3 is 0 Å². The molecule has 0 bridgehead atoms. The van der Waals surface area contributed by atoms with Crippen LogP contribution in [0.5, 0.6) is 0 Å².